The molecule has 0 aliphatic rings. The first kappa shape index (κ1) is 18.5. The first-order chi connectivity index (χ1) is 12.1. The number of carbonyl (C=O) groups excluding carboxylic acids is 2. The summed E-state index contributed by atoms with van der Waals surface area (Å²) in [5, 5.41) is 5.60. The van der Waals surface area contributed by atoms with Gasteiger partial charge in [-0.25, -0.2) is 0 Å². The summed E-state index contributed by atoms with van der Waals surface area (Å²) in [6.45, 7) is 6.43. The summed E-state index contributed by atoms with van der Waals surface area (Å²) in [6, 6.07) is 16.8. The maximum atomic E-state index is 12.0. The highest BCUT2D eigenvalue weighted by Gasteiger charge is 2.07. The van der Waals surface area contributed by atoms with Crippen molar-refractivity contribution in [1.29, 1.82) is 0 Å². The first-order valence-electron chi connectivity index (χ1n) is 8.62. The fourth-order valence-corrected chi connectivity index (χ4v) is 2.55. The molecule has 25 heavy (non-hydrogen) atoms. The van der Waals surface area contributed by atoms with Gasteiger partial charge >= 0.3 is 0 Å². The zero-order valence-electron chi connectivity index (χ0n) is 14.8. The highest BCUT2D eigenvalue weighted by Crippen LogP contribution is 2.17. The fraction of sp³-hybridized carbons (Fsp3) is 0.300. The molecule has 0 fully saturated rings. The molecule has 5 heteroatoms. The number of hydrogen-bond donors (Lipinski definition) is 2. The molecule has 0 unspecified atom stereocenters. The molecule has 0 bridgehead atoms. The van der Waals surface area contributed by atoms with Crippen LogP contribution >= 0.6 is 0 Å². The van der Waals surface area contributed by atoms with Gasteiger partial charge in [0.25, 0.3) is 5.91 Å². The summed E-state index contributed by atoms with van der Waals surface area (Å²) in [5.41, 5.74) is 2.49. The lowest BCUT2D eigenvalue weighted by atomic mass is 10.2. The van der Waals surface area contributed by atoms with Gasteiger partial charge in [-0.15, -0.1) is 0 Å². The molecule has 0 spiro atoms. The van der Waals surface area contributed by atoms with E-state index < -0.39 is 0 Å². The van der Waals surface area contributed by atoms with Gasteiger partial charge in [0.2, 0.25) is 5.91 Å². The normalized spacial score (nSPS) is 10.2. The summed E-state index contributed by atoms with van der Waals surface area (Å²) in [6.07, 6.45) is 0.233. The zero-order valence-corrected chi connectivity index (χ0v) is 14.8. The van der Waals surface area contributed by atoms with Crippen molar-refractivity contribution in [2.45, 2.75) is 20.3 Å². The summed E-state index contributed by atoms with van der Waals surface area (Å²) < 4.78 is 0. The van der Waals surface area contributed by atoms with Gasteiger partial charge in [-0.1, -0.05) is 18.2 Å². The van der Waals surface area contributed by atoms with E-state index in [0.717, 1.165) is 24.5 Å². The van der Waals surface area contributed by atoms with Gasteiger partial charge in [-0.3, -0.25) is 9.59 Å². The lowest BCUT2D eigenvalue weighted by molar-refractivity contribution is -0.116. The fourth-order valence-electron chi connectivity index (χ4n) is 2.55. The Morgan fingerprint density at radius 2 is 1.56 bits per heavy atom. The van der Waals surface area contributed by atoms with Crippen molar-refractivity contribution in [1.82, 2.24) is 5.32 Å². The molecule has 0 atom stereocenters. The SMILES string of the molecule is CCN(CC)c1ccc(NC(=O)CCNC(=O)c2ccccc2)cc1. The Hall–Kier alpha value is -2.82. The standard InChI is InChI=1S/C20H25N3O2/c1-3-23(4-2)18-12-10-17(11-13-18)22-19(24)14-15-21-20(25)16-8-6-5-7-9-16/h5-13H,3-4,14-15H2,1-2H3,(H,21,25)(H,22,24). The number of rotatable bonds is 8. The number of benzene rings is 2. The van der Waals surface area contributed by atoms with Crippen LogP contribution in [0.2, 0.25) is 0 Å². The predicted molar refractivity (Wildman–Crippen MR) is 102 cm³/mol. The largest absolute Gasteiger partial charge is 0.372 e. The lowest BCUT2D eigenvalue weighted by Crippen LogP contribution is -2.27. The summed E-state index contributed by atoms with van der Waals surface area (Å²) >= 11 is 0. The van der Waals surface area contributed by atoms with E-state index in [4.69, 9.17) is 0 Å². The van der Waals surface area contributed by atoms with Crippen LogP contribution in [-0.4, -0.2) is 31.4 Å². The molecule has 0 saturated carbocycles. The molecule has 2 aromatic carbocycles. The monoisotopic (exact) mass is 339 g/mol. The molecule has 0 aliphatic carbocycles. The summed E-state index contributed by atoms with van der Waals surface area (Å²) in [7, 11) is 0. The van der Waals surface area contributed by atoms with E-state index in [1.807, 2.05) is 42.5 Å². The van der Waals surface area contributed by atoms with Crippen molar-refractivity contribution in [2.75, 3.05) is 29.9 Å². The number of amides is 2. The Labute approximate surface area is 149 Å². The van der Waals surface area contributed by atoms with Crippen LogP contribution in [0.5, 0.6) is 0 Å². The van der Waals surface area contributed by atoms with Gasteiger partial charge in [0.1, 0.15) is 0 Å². The van der Waals surface area contributed by atoms with Gasteiger partial charge in [-0.05, 0) is 50.2 Å². The van der Waals surface area contributed by atoms with Crippen LogP contribution in [0, 0.1) is 0 Å². The van der Waals surface area contributed by atoms with E-state index in [-0.39, 0.29) is 18.2 Å². The van der Waals surface area contributed by atoms with Crippen molar-refractivity contribution in [2.24, 2.45) is 0 Å². The molecular weight excluding hydrogens is 314 g/mol. The lowest BCUT2D eigenvalue weighted by Gasteiger charge is -2.21. The third kappa shape index (κ3) is 5.64. The van der Waals surface area contributed by atoms with Gasteiger partial charge in [0, 0.05) is 43.0 Å². The molecule has 5 nitrogen and oxygen atoms in total. The Bertz CT molecular complexity index is 680. The topological polar surface area (TPSA) is 61.4 Å². The van der Waals surface area contributed by atoms with E-state index in [1.165, 1.54) is 0 Å². The molecule has 2 amide bonds. The molecule has 0 heterocycles. The molecule has 132 valence electrons. The first-order valence-corrected chi connectivity index (χ1v) is 8.62. The van der Waals surface area contributed by atoms with Crippen LogP contribution in [0.15, 0.2) is 54.6 Å². The highest BCUT2D eigenvalue weighted by atomic mass is 16.2. The average molecular weight is 339 g/mol. The smallest absolute Gasteiger partial charge is 0.251 e. The van der Waals surface area contributed by atoms with Crippen molar-refractivity contribution in [3.05, 3.63) is 60.2 Å². The average Bonchev–Trinajstić information content (AvgIpc) is 2.64. The highest BCUT2D eigenvalue weighted by molar-refractivity contribution is 5.95. The Balaban J connectivity index is 1.77. The second kappa shape index (κ2) is 9.47. The van der Waals surface area contributed by atoms with E-state index in [0.29, 0.717) is 12.1 Å². The summed E-state index contributed by atoms with van der Waals surface area (Å²) in [5.74, 6) is -0.291. The molecular formula is C20H25N3O2. The van der Waals surface area contributed by atoms with Crippen molar-refractivity contribution >= 4 is 23.2 Å². The Morgan fingerprint density at radius 1 is 0.920 bits per heavy atom. The van der Waals surface area contributed by atoms with Gasteiger partial charge in [0.15, 0.2) is 0 Å². The molecule has 0 radical (unpaired) electrons. The number of anilines is 2. The van der Waals surface area contributed by atoms with E-state index in [1.54, 1.807) is 12.1 Å². The van der Waals surface area contributed by atoms with Crippen LogP contribution < -0.4 is 15.5 Å². The maximum absolute atomic E-state index is 12.0. The van der Waals surface area contributed by atoms with Crippen LogP contribution in [0.25, 0.3) is 0 Å². The minimum absolute atomic E-state index is 0.121. The number of nitrogens with one attached hydrogen (secondary N) is 2. The molecule has 2 aromatic rings. The third-order valence-electron chi connectivity index (χ3n) is 3.95. The van der Waals surface area contributed by atoms with Crippen LogP contribution in [0.4, 0.5) is 11.4 Å². The number of carbonyl (C=O) groups is 2. The Kier molecular flexibility index (Phi) is 7.01. The van der Waals surface area contributed by atoms with Crippen molar-refractivity contribution in [3.8, 4) is 0 Å². The van der Waals surface area contributed by atoms with Crippen LogP contribution in [-0.2, 0) is 4.79 Å². The Morgan fingerprint density at radius 3 is 2.16 bits per heavy atom. The minimum atomic E-state index is -0.169. The van der Waals surface area contributed by atoms with E-state index >= 15 is 0 Å². The van der Waals surface area contributed by atoms with Crippen molar-refractivity contribution in [3.63, 3.8) is 0 Å². The predicted octanol–water partition coefficient (Wildman–Crippen LogP) is 3.29. The zero-order chi connectivity index (χ0) is 18.1. The maximum Gasteiger partial charge on any atom is 0.251 e. The van der Waals surface area contributed by atoms with Gasteiger partial charge in [-0.2, -0.15) is 0 Å². The van der Waals surface area contributed by atoms with E-state index in [2.05, 4.69) is 29.4 Å². The second-order valence-corrected chi connectivity index (χ2v) is 5.64. The van der Waals surface area contributed by atoms with Crippen LogP contribution in [0.1, 0.15) is 30.6 Å². The van der Waals surface area contributed by atoms with Crippen LogP contribution in [0.3, 0.4) is 0 Å². The summed E-state index contributed by atoms with van der Waals surface area (Å²) in [4.78, 5) is 26.1. The third-order valence-corrected chi connectivity index (χ3v) is 3.95. The molecule has 2 N–H and O–H groups in total. The molecule has 0 saturated heterocycles. The number of hydrogen-bond acceptors (Lipinski definition) is 3. The number of nitrogens with zero attached hydrogens (tertiary/aromatic N) is 1. The molecule has 2 rings (SSSR count). The van der Waals surface area contributed by atoms with Crippen molar-refractivity contribution < 1.29 is 9.59 Å². The quantitative estimate of drug-likeness (QED) is 0.776. The minimum Gasteiger partial charge on any atom is -0.372 e. The van der Waals surface area contributed by atoms with E-state index in [9.17, 15) is 9.59 Å². The van der Waals surface area contributed by atoms with Gasteiger partial charge < -0.3 is 15.5 Å². The molecule has 0 aliphatic heterocycles. The molecule has 0 aromatic heterocycles. The van der Waals surface area contributed by atoms with Gasteiger partial charge in [0.05, 0.1) is 0 Å². The second-order valence-electron chi connectivity index (χ2n) is 5.64.